The number of nitrogens with one attached hydrogen (secondary N) is 1. The van der Waals surface area contributed by atoms with Crippen LogP contribution in [-0.4, -0.2) is 30.3 Å². The van der Waals surface area contributed by atoms with Gasteiger partial charge in [0.1, 0.15) is 0 Å². The van der Waals surface area contributed by atoms with E-state index in [0.29, 0.717) is 17.2 Å². The highest BCUT2D eigenvalue weighted by Crippen LogP contribution is 2.25. The van der Waals surface area contributed by atoms with E-state index in [1.54, 1.807) is 29.2 Å². The van der Waals surface area contributed by atoms with E-state index in [9.17, 15) is 9.59 Å². The van der Waals surface area contributed by atoms with Crippen molar-refractivity contribution in [3.8, 4) is 0 Å². The van der Waals surface area contributed by atoms with Crippen LogP contribution < -0.4 is 5.32 Å². The average Bonchev–Trinajstić information content (AvgIpc) is 2.91. The minimum atomic E-state index is -0.113. The summed E-state index contributed by atoms with van der Waals surface area (Å²) in [6.45, 7) is 2.32. The molecule has 4 heteroatoms. The molecule has 0 spiro atoms. The van der Waals surface area contributed by atoms with Crippen LogP contribution in [0.2, 0.25) is 0 Å². The maximum atomic E-state index is 12.1. The van der Waals surface area contributed by atoms with E-state index in [4.69, 9.17) is 0 Å². The molecule has 1 N–H and O–H groups in total. The van der Waals surface area contributed by atoms with Crippen molar-refractivity contribution in [1.29, 1.82) is 0 Å². The highest BCUT2D eigenvalue weighted by atomic mass is 16.2. The summed E-state index contributed by atoms with van der Waals surface area (Å²) in [7, 11) is 1.82. The van der Waals surface area contributed by atoms with Crippen LogP contribution in [-0.2, 0) is 0 Å². The summed E-state index contributed by atoms with van der Waals surface area (Å²) in [5, 5.41) is 2.85. The number of anilines is 1. The fourth-order valence-electron chi connectivity index (χ4n) is 2.70. The predicted octanol–water partition coefficient (Wildman–Crippen LogP) is 3.54. The van der Waals surface area contributed by atoms with Gasteiger partial charge in [0.05, 0.1) is 0 Å². The smallest absolute Gasteiger partial charge is 0.321 e. The Balaban J connectivity index is 1.92. The number of carbonyl (C=O) groups is 2. The number of carbonyl (C=O) groups excluding carboxylic acids is 2. The third-order valence-electron chi connectivity index (χ3n) is 3.87. The SMILES string of the molecule is CC(=O)c1cccc(NC(=O)N(C)CC2CCCC2)c1. The van der Waals surface area contributed by atoms with E-state index in [0.717, 1.165) is 6.54 Å². The molecule has 0 saturated heterocycles. The first-order valence-electron chi connectivity index (χ1n) is 7.19. The number of rotatable bonds is 4. The van der Waals surface area contributed by atoms with E-state index >= 15 is 0 Å². The fraction of sp³-hybridized carbons (Fsp3) is 0.500. The Kier molecular flexibility index (Phi) is 4.77. The second-order valence-electron chi connectivity index (χ2n) is 5.60. The Morgan fingerprint density at radius 2 is 2.00 bits per heavy atom. The Morgan fingerprint density at radius 1 is 1.30 bits per heavy atom. The van der Waals surface area contributed by atoms with Gasteiger partial charge in [0.2, 0.25) is 0 Å². The number of nitrogens with zero attached hydrogens (tertiary/aromatic N) is 1. The van der Waals surface area contributed by atoms with Crippen molar-refractivity contribution in [3.05, 3.63) is 29.8 Å². The second kappa shape index (κ2) is 6.55. The molecule has 4 nitrogen and oxygen atoms in total. The van der Waals surface area contributed by atoms with Crippen LogP contribution in [0.15, 0.2) is 24.3 Å². The topological polar surface area (TPSA) is 49.4 Å². The highest BCUT2D eigenvalue weighted by molar-refractivity contribution is 5.96. The third kappa shape index (κ3) is 3.83. The van der Waals surface area contributed by atoms with Gasteiger partial charge in [-0.2, -0.15) is 0 Å². The number of urea groups is 1. The zero-order valence-corrected chi connectivity index (χ0v) is 12.2. The Labute approximate surface area is 120 Å². The Morgan fingerprint density at radius 3 is 2.65 bits per heavy atom. The number of hydrogen-bond acceptors (Lipinski definition) is 2. The summed E-state index contributed by atoms with van der Waals surface area (Å²) in [5.41, 5.74) is 1.28. The number of Topliss-reactive ketones (excluding diaryl/α,β-unsaturated/α-hetero) is 1. The van der Waals surface area contributed by atoms with E-state index in [2.05, 4.69) is 5.32 Å². The zero-order valence-electron chi connectivity index (χ0n) is 12.2. The van der Waals surface area contributed by atoms with Crippen LogP contribution in [0.25, 0.3) is 0 Å². The van der Waals surface area contributed by atoms with Crippen LogP contribution in [0.5, 0.6) is 0 Å². The quantitative estimate of drug-likeness (QED) is 0.854. The molecule has 1 aromatic carbocycles. The number of amides is 2. The fourth-order valence-corrected chi connectivity index (χ4v) is 2.70. The van der Waals surface area contributed by atoms with Crippen molar-refractivity contribution >= 4 is 17.5 Å². The molecule has 2 rings (SSSR count). The van der Waals surface area contributed by atoms with Gasteiger partial charge in [-0.05, 0) is 37.8 Å². The van der Waals surface area contributed by atoms with Crippen LogP contribution in [0.3, 0.4) is 0 Å². The first kappa shape index (κ1) is 14.6. The van der Waals surface area contributed by atoms with Gasteiger partial charge in [-0.3, -0.25) is 4.79 Å². The first-order chi connectivity index (χ1) is 9.56. The number of benzene rings is 1. The lowest BCUT2D eigenvalue weighted by molar-refractivity contribution is 0.101. The molecular weight excluding hydrogens is 252 g/mol. The van der Waals surface area contributed by atoms with Gasteiger partial charge in [0, 0.05) is 24.8 Å². The normalized spacial score (nSPS) is 15.1. The molecular formula is C16H22N2O2. The zero-order chi connectivity index (χ0) is 14.5. The monoisotopic (exact) mass is 274 g/mol. The summed E-state index contributed by atoms with van der Waals surface area (Å²) < 4.78 is 0. The van der Waals surface area contributed by atoms with Crippen molar-refractivity contribution in [2.75, 3.05) is 18.9 Å². The van der Waals surface area contributed by atoms with Crippen molar-refractivity contribution in [3.63, 3.8) is 0 Å². The Hall–Kier alpha value is -1.84. The molecule has 1 aromatic rings. The lowest BCUT2D eigenvalue weighted by atomic mass is 10.1. The van der Waals surface area contributed by atoms with Gasteiger partial charge < -0.3 is 10.2 Å². The van der Waals surface area contributed by atoms with Gasteiger partial charge in [-0.1, -0.05) is 25.0 Å². The molecule has 0 radical (unpaired) electrons. The average molecular weight is 274 g/mol. The number of ketones is 1. The molecule has 2 amide bonds. The van der Waals surface area contributed by atoms with Gasteiger partial charge in [-0.25, -0.2) is 4.79 Å². The van der Waals surface area contributed by atoms with Crippen LogP contribution in [0.4, 0.5) is 10.5 Å². The second-order valence-corrected chi connectivity index (χ2v) is 5.60. The molecule has 0 aliphatic heterocycles. The molecule has 0 bridgehead atoms. The minimum Gasteiger partial charge on any atom is -0.327 e. The van der Waals surface area contributed by atoms with E-state index in [1.807, 2.05) is 7.05 Å². The van der Waals surface area contributed by atoms with Crippen molar-refractivity contribution < 1.29 is 9.59 Å². The lowest BCUT2D eigenvalue weighted by Gasteiger charge is -2.21. The van der Waals surface area contributed by atoms with E-state index in [1.165, 1.54) is 32.6 Å². The van der Waals surface area contributed by atoms with Crippen molar-refractivity contribution in [2.45, 2.75) is 32.6 Å². The summed E-state index contributed by atoms with van der Waals surface area (Å²) in [6.07, 6.45) is 5.00. The Bertz CT molecular complexity index is 493. The van der Waals surface area contributed by atoms with Gasteiger partial charge in [0.25, 0.3) is 0 Å². The maximum Gasteiger partial charge on any atom is 0.321 e. The summed E-state index contributed by atoms with van der Waals surface area (Å²) >= 11 is 0. The third-order valence-corrected chi connectivity index (χ3v) is 3.87. The molecule has 108 valence electrons. The molecule has 20 heavy (non-hydrogen) atoms. The van der Waals surface area contributed by atoms with Crippen LogP contribution >= 0.6 is 0 Å². The predicted molar refractivity (Wildman–Crippen MR) is 80.1 cm³/mol. The van der Waals surface area contributed by atoms with Crippen molar-refractivity contribution in [2.24, 2.45) is 5.92 Å². The minimum absolute atomic E-state index is 0.000379. The largest absolute Gasteiger partial charge is 0.327 e. The summed E-state index contributed by atoms with van der Waals surface area (Å²) in [6, 6.07) is 6.93. The molecule has 0 aromatic heterocycles. The molecule has 1 fully saturated rings. The van der Waals surface area contributed by atoms with Gasteiger partial charge >= 0.3 is 6.03 Å². The molecule has 1 aliphatic carbocycles. The van der Waals surface area contributed by atoms with E-state index in [-0.39, 0.29) is 11.8 Å². The van der Waals surface area contributed by atoms with Gasteiger partial charge in [0.15, 0.2) is 5.78 Å². The molecule has 0 unspecified atom stereocenters. The summed E-state index contributed by atoms with van der Waals surface area (Å²) in [5.74, 6) is 0.634. The standard InChI is InChI=1S/C16H22N2O2/c1-12(19)14-8-5-9-15(10-14)17-16(20)18(2)11-13-6-3-4-7-13/h5,8-10,13H,3-4,6-7,11H2,1-2H3,(H,17,20). The number of hydrogen-bond donors (Lipinski definition) is 1. The van der Waals surface area contributed by atoms with Crippen LogP contribution in [0, 0.1) is 5.92 Å². The summed E-state index contributed by atoms with van der Waals surface area (Å²) in [4.78, 5) is 25.2. The maximum absolute atomic E-state index is 12.1. The lowest BCUT2D eigenvalue weighted by Crippen LogP contribution is -2.34. The van der Waals surface area contributed by atoms with E-state index < -0.39 is 0 Å². The molecule has 0 atom stereocenters. The molecule has 1 aliphatic rings. The first-order valence-corrected chi connectivity index (χ1v) is 7.19. The van der Waals surface area contributed by atoms with Crippen molar-refractivity contribution in [1.82, 2.24) is 4.90 Å². The highest BCUT2D eigenvalue weighted by Gasteiger charge is 2.19. The molecule has 1 saturated carbocycles. The van der Waals surface area contributed by atoms with Gasteiger partial charge in [-0.15, -0.1) is 0 Å². The van der Waals surface area contributed by atoms with Crippen LogP contribution in [0.1, 0.15) is 43.0 Å². The molecule has 0 heterocycles.